The molecule has 0 aromatic rings. The maximum Gasteiger partial charge on any atom is 3.00 e. The molecule has 0 aromatic carbocycles. The van der Waals surface area contributed by atoms with Crippen LogP contribution >= 0.6 is 0 Å². The van der Waals surface area contributed by atoms with Crippen molar-refractivity contribution in [3.8, 4) is 0 Å². The molecule has 1 rings (SSSR count). The van der Waals surface area contributed by atoms with Crippen LogP contribution in [0.2, 0.25) is 0 Å². The van der Waals surface area contributed by atoms with Crippen molar-refractivity contribution in [2.75, 3.05) is 0 Å². The molecule has 0 amide bonds. The molecule has 3 heteroatoms. The second kappa shape index (κ2) is 9.50. The van der Waals surface area contributed by atoms with E-state index in [9.17, 15) is 0 Å². The Bertz CT molecular complexity index is 195. The molecule has 1 radical (unpaired) electrons. The summed E-state index contributed by atoms with van der Waals surface area (Å²) in [6.07, 6.45) is 6.91. The average Bonchev–Trinajstić information content (AvgIpc) is 2.20. The van der Waals surface area contributed by atoms with Crippen LogP contribution in [0.15, 0.2) is 16.7 Å². The fraction of sp³-hybridized carbons (Fsp3) is 0.600. The van der Waals surface area contributed by atoms with Gasteiger partial charge in [0.15, 0.2) is 0 Å². The quantitative estimate of drug-likeness (QED) is 0.485. The molecule has 0 heterocycles. The normalized spacial score (nSPS) is 13.9. The Kier molecular flexibility index (Phi) is 14.2. The van der Waals surface area contributed by atoms with Gasteiger partial charge in [0.05, 0.1) is 0 Å². The summed E-state index contributed by atoms with van der Waals surface area (Å²) in [6.45, 7) is 6.61. The van der Waals surface area contributed by atoms with Crippen molar-refractivity contribution >= 4 is 0 Å². The molecular weight excluding hydrogens is 282 g/mol. The van der Waals surface area contributed by atoms with Crippen LogP contribution in [0, 0.1) is 6.08 Å². The summed E-state index contributed by atoms with van der Waals surface area (Å²) >= 11 is 0. The van der Waals surface area contributed by atoms with E-state index in [1.807, 2.05) is 0 Å². The summed E-state index contributed by atoms with van der Waals surface area (Å²) in [5.74, 6) is 0. The Morgan fingerprint density at radius 2 is 1.77 bits per heavy atom. The minimum atomic E-state index is 0. The van der Waals surface area contributed by atoms with Crippen molar-refractivity contribution in [2.24, 2.45) is 0 Å². The van der Waals surface area contributed by atoms with Gasteiger partial charge in [-0.05, 0) is 0 Å². The van der Waals surface area contributed by atoms with E-state index in [1.165, 1.54) is 24.0 Å². The monoisotopic (exact) mass is 295 g/mol. The summed E-state index contributed by atoms with van der Waals surface area (Å²) < 4.78 is 0. The standard InChI is InChI=1S/C10H15.2ClH.Zr/c1-4-5-10-8(2)6-7-9(10)3;;;/h4-6H2,1-3H3;2*1H;/q-1;;;+3/p-2. The first-order valence-corrected chi connectivity index (χ1v) is 4.02. The Balaban J connectivity index is -0.000000333. The zero-order valence-electron chi connectivity index (χ0n) is 8.38. The van der Waals surface area contributed by atoms with E-state index in [2.05, 4.69) is 26.8 Å². The van der Waals surface area contributed by atoms with E-state index >= 15 is 0 Å². The first-order chi connectivity index (χ1) is 4.75. The summed E-state index contributed by atoms with van der Waals surface area (Å²) in [5, 5.41) is 0. The molecular formula is C10H15Cl2Zr. The third-order valence-electron chi connectivity index (χ3n) is 2.09. The third kappa shape index (κ3) is 5.40. The topological polar surface area (TPSA) is 0 Å². The number of hydrogen-bond donors (Lipinski definition) is 0. The Labute approximate surface area is 113 Å². The van der Waals surface area contributed by atoms with Crippen molar-refractivity contribution in [3.05, 3.63) is 22.8 Å². The van der Waals surface area contributed by atoms with Gasteiger partial charge in [-0.3, -0.25) is 6.08 Å². The van der Waals surface area contributed by atoms with E-state index < -0.39 is 0 Å². The van der Waals surface area contributed by atoms with Gasteiger partial charge in [-0.25, -0.2) is 5.57 Å². The molecule has 0 atom stereocenters. The molecule has 0 unspecified atom stereocenters. The first kappa shape index (κ1) is 19.5. The minimum absolute atomic E-state index is 0. The van der Waals surface area contributed by atoms with Gasteiger partial charge in [-0.1, -0.05) is 33.6 Å². The van der Waals surface area contributed by atoms with Crippen molar-refractivity contribution in [1.29, 1.82) is 0 Å². The van der Waals surface area contributed by atoms with Crippen LogP contribution in [0.25, 0.3) is 0 Å². The maximum absolute atomic E-state index is 3.35. The van der Waals surface area contributed by atoms with Crippen LogP contribution in [-0.2, 0) is 26.2 Å². The van der Waals surface area contributed by atoms with Gasteiger partial charge >= 0.3 is 26.2 Å². The Hall–Kier alpha value is 0.943. The molecule has 0 aromatic heterocycles. The third-order valence-corrected chi connectivity index (χ3v) is 2.09. The van der Waals surface area contributed by atoms with Gasteiger partial charge in [0, 0.05) is 0 Å². The molecule has 0 aliphatic heterocycles. The predicted molar refractivity (Wildman–Crippen MR) is 44.7 cm³/mol. The Morgan fingerprint density at radius 3 is 2.08 bits per heavy atom. The van der Waals surface area contributed by atoms with Crippen molar-refractivity contribution in [3.63, 3.8) is 0 Å². The number of halogens is 2. The van der Waals surface area contributed by atoms with Crippen molar-refractivity contribution in [2.45, 2.75) is 40.0 Å². The van der Waals surface area contributed by atoms with Gasteiger partial charge in [0.1, 0.15) is 0 Å². The molecule has 0 bridgehead atoms. The number of rotatable bonds is 2. The SMILES string of the molecule is CCCC1=C(C)C[C-]=C1C.[Cl-].[Cl-].[Zr+3]. The smallest absolute Gasteiger partial charge is 1.00 e. The molecule has 0 N–H and O–H groups in total. The van der Waals surface area contributed by atoms with Crippen LogP contribution < -0.4 is 24.8 Å². The van der Waals surface area contributed by atoms with Gasteiger partial charge in [0.2, 0.25) is 0 Å². The summed E-state index contributed by atoms with van der Waals surface area (Å²) in [6, 6.07) is 0. The van der Waals surface area contributed by atoms with Gasteiger partial charge in [-0.15, -0.1) is 6.42 Å². The molecule has 0 saturated carbocycles. The fourth-order valence-electron chi connectivity index (χ4n) is 1.45. The number of allylic oxidation sites excluding steroid dienone is 4. The van der Waals surface area contributed by atoms with Gasteiger partial charge < -0.3 is 24.8 Å². The Morgan fingerprint density at radius 1 is 1.23 bits per heavy atom. The fourth-order valence-corrected chi connectivity index (χ4v) is 1.45. The van der Waals surface area contributed by atoms with Crippen LogP contribution in [0.5, 0.6) is 0 Å². The predicted octanol–water partition coefficient (Wildman–Crippen LogP) is -2.74. The first-order valence-electron chi connectivity index (χ1n) is 4.02. The largest absolute Gasteiger partial charge is 3.00 e. The van der Waals surface area contributed by atoms with Crippen LogP contribution in [0.3, 0.4) is 0 Å². The molecule has 0 spiro atoms. The van der Waals surface area contributed by atoms with E-state index in [1.54, 1.807) is 5.57 Å². The van der Waals surface area contributed by atoms with E-state index in [-0.39, 0.29) is 51.0 Å². The molecule has 73 valence electrons. The molecule has 0 fully saturated rings. The second-order valence-corrected chi connectivity index (χ2v) is 2.99. The summed E-state index contributed by atoms with van der Waals surface area (Å²) in [5.41, 5.74) is 4.47. The zero-order valence-corrected chi connectivity index (χ0v) is 12.3. The van der Waals surface area contributed by atoms with Gasteiger partial charge in [-0.2, -0.15) is 11.1 Å². The van der Waals surface area contributed by atoms with Gasteiger partial charge in [0.25, 0.3) is 0 Å². The summed E-state index contributed by atoms with van der Waals surface area (Å²) in [4.78, 5) is 0. The minimum Gasteiger partial charge on any atom is -1.00 e. The molecule has 1 aliphatic rings. The number of hydrogen-bond acceptors (Lipinski definition) is 0. The van der Waals surface area contributed by atoms with Crippen molar-refractivity contribution < 1.29 is 51.0 Å². The van der Waals surface area contributed by atoms with E-state index in [4.69, 9.17) is 0 Å². The van der Waals surface area contributed by atoms with Crippen LogP contribution in [-0.4, -0.2) is 0 Å². The molecule has 13 heavy (non-hydrogen) atoms. The molecule has 0 nitrogen and oxygen atoms in total. The molecule has 0 saturated heterocycles. The zero-order chi connectivity index (χ0) is 7.56. The van der Waals surface area contributed by atoms with E-state index in [0.29, 0.717) is 0 Å². The van der Waals surface area contributed by atoms with Crippen LogP contribution in [0.4, 0.5) is 0 Å². The summed E-state index contributed by atoms with van der Waals surface area (Å²) in [7, 11) is 0. The average molecular weight is 297 g/mol. The molecule has 1 aliphatic carbocycles. The maximum atomic E-state index is 3.35. The van der Waals surface area contributed by atoms with E-state index in [0.717, 1.165) is 6.42 Å². The van der Waals surface area contributed by atoms with Crippen molar-refractivity contribution in [1.82, 2.24) is 0 Å². The van der Waals surface area contributed by atoms with Crippen LogP contribution in [0.1, 0.15) is 40.0 Å². The second-order valence-electron chi connectivity index (χ2n) is 2.99.